The lowest BCUT2D eigenvalue weighted by Crippen LogP contribution is -2.57. The van der Waals surface area contributed by atoms with Crippen molar-refractivity contribution in [3.63, 3.8) is 0 Å². The van der Waals surface area contributed by atoms with Crippen LogP contribution in [0, 0.1) is 0 Å². The van der Waals surface area contributed by atoms with Crippen molar-refractivity contribution in [3.8, 4) is 0 Å². The van der Waals surface area contributed by atoms with Gasteiger partial charge in [-0.1, -0.05) is 48.5 Å². The fraction of sp³-hybridized carbons (Fsp3) is 0.292. The number of aliphatic hydroxyl groups excluding tert-OH is 1. The molecule has 2 amide bonds. The lowest BCUT2D eigenvalue weighted by Gasteiger charge is -2.23. The van der Waals surface area contributed by atoms with E-state index < -0.39 is 42.0 Å². The number of carboxylic acids is 1. The summed E-state index contributed by atoms with van der Waals surface area (Å²) in [7, 11) is 0. The summed E-state index contributed by atoms with van der Waals surface area (Å²) in [6.07, 6.45) is 0.797. The fourth-order valence-electron chi connectivity index (χ4n) is 3.54. The molecule has 3 aromatic rings. The van der Waals surface area contributed by atoms with Crippen LogP contribution < -0.4 is 16.4 Å². The van der Waals surface area contributed by atoms with E-state index in [1.165, 1.54) is 6.92 Å². The van der Waals surface area contributed by atoms with Crippen LogP contribution in [0.25, 0.3) is 10.9 Å². The molecule has 0 aliphatic carbocycles. The average molecular weight is 453 g/mol. The van der Waals surface area contributed by atoms with Gasteiger partial charge in [0.2, 0.25) is 11.8 Å². The lowest BCUT2D eigenvalue weighted by atomic mass is 10.0. The zero-order valence-electron chi connectivity index (χ0n) is 18.2. The van der Waals surface area contributed by atoms with Crippen LogP contribution in [0.1, 0.15) is 18.1 Å². The highest BCUT2D eigenvalue weighted by Gasteiger charge is 2.29. The van der Waals surface area contributed by atoms with Crippen LogP contribution in [0.5, 0.6) is 0 Å². The second-order valence-electron chi connectivity index (χ2n) is 7.98. The Bertz CT molecular complexity index is 1110. The van der Waals surface area contributed by atoms with Crippen molar-refractivity contribution in [2.24, 2.45) is 5.73 Å². The van der Waals surface area contributed by atoms with Gasteiger partial charge in [0.15, 0.2) is 0 Å². The van der Waals surface area contributed by atoms with Gasteiger partial charge in [0, 0.05) is 29.9 Å². The molecule has 0 aliphatic heterocycles. The van der Waals surface area contributed by atoms with Crippen molar-refractivity contribution < 1.29 is 24.6 Å². The van der Waals surface area contributed by atoms with E-state index in [2.05, 4.69) is 15.6 Å². The number of nitrogens with one attached hydrogen (secondary N) is 3. The van der Waals surface area contributed by atoms with Gasteiger partial charge in [0.05, 0.1) is 6.10 Å². The zero-order valence-corrected chi connectivity index (χ0v) is 18.2. The predicted molar refractivity (Wildman–Crippen MR) is 123 cm³/mol. The monoisotopic (exact) mass is 452 g/mol. The Hall–Kier alpha value is -3.69. The maximum atomic E-state index is 13.1. The number of carboxylic acid groups (broad SMARTS) is 1. The summed E-state index contributed by atoms with van der Waals surface area (Å²) in [5, 5.41) is 25.3. The molecule has 7 N–H and O–H groups in total. The van der Waals surface area contributed by atoms with Crippen molar-refractivity contribution in [3.05, 3.63) is 71.9 Å². The number of para-hydroxylation sites is 1. The fourth-order valence-corrected chi connectivity index (χ4v) is 3.54. The Morgan fingerprint density at radius 1 is 0.939 bits per heavy atom. The van der Waals surface area contributed by atoms with Crippen LogP contribution in [0.4, 0.5) is 0 Å². The molecule has 0 aliphatic rings. The van der Waals surface area contributed by atoms with E-state index in [1.807, 2.05) is 30.3 Å². The number of H-pyrrole nitrogens is 1. The third-order valence-corrected chi connectivity index (χ3v) is 5.45. The van der Waals surface area contributed by atoms with Gasteiger partial charge < -0.3 is 31.6 Å². The standard InChI is InChI=1S/C24H28N4O5/c1-14(29)21(25)23(31)27-19(11-15-7-3-2-4-8-15)22(30)28-20(24(32)33)12-16-13-26-18-10-6-5-9-17(16)18/h2-10,13-14,19-21,26,29H,11-12,25H2,1H3,(H,27,31)(H,28,30)(H,32,33)/t14-,19+,20+,21+/m1/s1. The third kappa shape index (κ3) is 6.18. The minimum absolute atomic E-state index is 0.0598. The number of rotatable bonds is 10. The van der Waals surface area contributed by atoms with Crippen molar-refractivity contribution in [2.45, 2.75) is 44.0 Å². The number of hydrogen-bond donors (Lipinski definition) is 6. The summed E-state index contributed by atoms with van der Waals surface area (Å²) in [6.45, 7) is 1.37. The molecule has 0 radical (unpaired) electrons. The number of aliphatic carboxylic acids is 1. The van der Waals surface area contributed by atoms with E-state index in [0.29, 0.717) is 0 Å². The van der Waals surface area contributed by atoms with Crippen molar-refractivity contribution in [1.29, 1.82) is 0 Å². The maximum Gasteiger partial charge on any atom is 0.326 e. The van der Waals surface area contributed by atoms with Crippen LogP contribution in [0.2, 0.25) is 0 Å². The number of carbonyl (C=O) groups is 3. The molecule has 0 saturated heterocycles. The van der Waals surface area contributed by atoms with Crippen LogP contribution >= 0.6 is 0 Å². The van der Waals surface area contributed by atoms with Crippen LogP contribution in [0.15, 0.2) is 60.8 Å². The first kappa shape index (κ1) is 24.0. The van der Waals surface area contributed by atoms with Gasteiger partial charge >= 0.3 is 5.97 Å². The number of hydrogen-bond acceptors (Lipinski definition) is 5. The second kappa shape index (κ2) is 10.8. The van der Waals surface area contributed by atoms with Gasteiger partial charge in [0.1, 0.15) is 18.1 Å². The van der Waals surface area contributed by atoms with Crippen molar-refractivity contribution in [1.82, 2.24) is 15.6 Å². The summed E-state index contributed by atoms with van der Waals surface area (Å²) < 4.78 is 0. The van der Waals surface area contributed by atoms with E-state index in [-0.39, 0.29) is 12.8 Å². The molecule has 4 atom stereocenters. The van der Waals surface area contributed by atoms with Crippen LogP contribution in [-0.4, -0.2) is 57.2 Å². The molecule has 1 aromatic heterocycles. The summed E-state index contributed by atoms with van der Waals surface area (Å²) in [4.78, 5) is 40.5. The number of nitrogens with two attached hydrogens (primary N) is 1. The second-order valence-corrected chi connectivity index (χ2v) is 7.98. The van der Waals surface area contributed by atoms with Crippen molar-refractivity contribution >= 4 is 28.7 Å². The minimum Gasteiger partial charge on any atom is -0.480 e. The van der Waals surface area contributed by atoms with E-state index in [1.54, 1.807) is 30.5 Å². The number of amides is 2. The number of aromatic nitrogens is 1. The molecule has 0 fully saturated rings. The molecular weight excluding hydrogens is 424 g/mol. The highest BCUT2D eigenvalue weighted by Crippen LogP contribution is 2.19. The van der Waals surface area contributed by atoms with Crippen LogP contribution in [0.3, 0.4) is 0 Å². The quantitative estimate of drug-likeness (QED) is 0.266. The van der Waals surface area contributed by atoms with Gasteiger partial charge in [0.25, 0.3) is 0 Å². The molecule has 0 saturated carbocycles. The summed E-state index contributed by atoms with van der Waals surface area (Å²) >= 11 is 0. The zero-order chi connectivity index (χ0) is 24.0. The van der Waals surface area contributed by atoms with Gasteiger partial charge in [-0.2, -0.15) is 0 Å². The smallest absolute Gasteiger partial charge is 0.326 e. The Labute approximate surface area is 191 Å². The first-order chi connectivity index (χ1) is 15.8. The Morgan fingerprint density at radius 2 is 1.58 bits per heavy atom. The average Bonchev–Trinajstić information content (AvgIpc) is 3.21. The van der Waals surface area contributed by atoms with Gasteiger partial charge in [-0.15, -0.1) is 0 Å². The molecule has 3 rings (SSSR count). The number of aliphatic hydroxyl groups is 1. The normalized spacial score (nSPS) is 14.8. The topological polar surface area (TPSA) is 158 Å². The lowest BCUT2D eigenvalue weighted by molar-refractivity contribution is -0.142. The molecule has 9 heteroatoms. The Balaban J connectivity index is 1.78. The molecule has 2 aromatic carbocycles. The summed E-state index contributed by atoms with van der Waals surface area (Å²) in [6, 6.07) is 13.0. The predicted octanol–water partition coefficient (Wildman–Crippen LogP) is 0.715. The van der Waals surface area contributed by atoms with E-state index in [0.717, 1.165) is 22.0 Å². The molecule has 0 unspecified atom stereocenters. The molecular formula is C24H28N4O5. The minimum atomic E-state index is -1.22. The molecule has 174 valence electrons. The number of benzene rings is 2. The Morgan fingerprint density at radius 3 is 2.24 bits per heavy atom. The van der Waals surface area contributed by atoms with Gasteiger partial charge in [-0.05, 0) is 24.1 Å². The van der Waals surface area contributed by atoms with E-state index in [9.17, 15) is 24.6 Å². The Kier molecular flexibility index (Phi) is 7.81. The number of fused-ring (bicyclic) bond motifs is 1. The highest BCUT2D eigenvalue weighted by molar-refractivity contribution is 5.92. The van der Waals surface area contributed by atoms with Crippen molar-refractivity contribution in [2.75, 3.05) is 0 Å². The summed E-state index contributed by atoms with van der Waals surface area (Å²) in [5.74, 6) is -2.55. The maximum absolute atomic E-state index is 13.1. The van der Waals surface area contributed by atoms with E-state index in [4.69, 9.17) is 5.73 Å². The van der Waals surface area contributed by atoms with Gasteiger partial charge in [-0.25, -0.2) is 4.79 Å². The molecule has 9 nitrogen and oxygen atoms in total. The number of aromatic amines is 1. The molecule has 1 heterocycles. The first-order valence-electron chi connectivity index (χ1n) is 10.6. The SMILES string of the molecule is C[C@@H](O)[C@H](N)C(=O)N[C@@H](Cc1ccccc1)C(=O)N[C@@H](Cc1c[nH]c2ccccc12)C(=O)O. The molecule has 0 bridgehead atoms. The molecule has 33 heavy (non-hydrogen) atoms. The summed E-state index contributed by atoms with van der Waals surface area (Å²) in [5.41, 5.74) is 8.09. The third-order valence-electron chi connectivity index (χ3n) is 5.45. The van der Waals surface area contributed by atoms with Gasteiger partial charge in [-0.3, -0.25) is 9.59 Å². The van der Waals surface area contributed by atoms with Crippen LogP contribution in [-0.2, 0) is 27.2 Å². The number of carbonyl (C=O) groups excluding carboxylic acids is 2. The largest absolute Gasteiger partial charge is 0.480 e. The molecule has 0 spiro atoms. The highest BCUT2D eigenvalue weighted by atomic mass is 16.4. The first-order valence-corrected chi connectivity index (χ1v) is 10.6. The van der Waals surface area contributed by atoms with E-state index >= 15 is 0 Å².